The third-order valence-electron chi connectivity index (χ3n) is 3.73. The largest absolute Gasteiger partial charge is 0.481 e. The number of rotatable bonds is 6. The van der Waals surface area contributed by atoms with Crippen LogP contribution in [0.3, 0.4) is 0 Å². The van der Waals surface area contributed by atoms with Crippen molar-refractivity contribution in [1.82, 2.24) is 4.90 Å². The molecule has 0 bridgehead atoms. The number of hydrogen-bond acceptors (Lipinski definition) is 4. The number of aliphatic carboxylic acids is 1. The molecule has 0 radical (unpaired) electrons. The normalized spacial score (nSPS) is 16.6. The molecule has 0 atom stereocenters. The average molecular weight is 291 g/mol. The highest BCUT2D eigenvalue weighted by molar-refractivity contribution is 5.90. The highest BCUT2D eigenvalue weighted by atomic mass is 16.5. The number of carbonyl (C=O) groups excluding carboxylic acids is 1. The van der Waals surface area contributed by atoms with Gasteiger partial charge in [0.1, 0.15) is 6.42 Å². The molecule has 1 N–H and O–H groups in total. The number of carbonyl (C=O) groups is 2. The Bertz CT molecular complexity index is 466. The van der Waals surface area contributed by atoms with Crippen molar-refractivity contribution in [2.45, 2.75) is 25.8 Å². The Kier molecular flexibility index (Phi) is 5.75. The van der Waals surface area contributed by atoms with Crippen LogP contribution in [0.2, 0.25) is 0 Å². The summed E-state index contributed by atoms with van der Waals surface area (Å²) in [5.41, 5.74) is 1.31. The van der Waals surface area contributed by atoms with Gasteiger partial charge in [-0.2, -0.15) is 0 Å². The van der Waals surface area contributed by atoms with Gasteiger partial charge in [-0.25, -0.2) is 0 Å². The molecule has 0 unspecified atom stereocenters. The molecule has 21 heavy (non-hydrogen) atoms. The predicted molar refractivity (Wildman–Crippen MR) is 77.7 cm³/mol. The zero-order valence-electron chi connectivity index (χ0n) is 12.0. The third kappa shape index (κ3) is 5.55. The number of likely N-dealkylation sites (tertiary alicyclic amines) is 1. The molecule has 1 aliphatic rings. The molecule has 1 aromatic rings. The third-order valence-corrected chi connectivity index (χ3v) is 3.73. The number of nitrogens with zero attached hydrogens (tertiary/aromatic N) is 1. The minimum absolute atomic E-state index is 0.339. The van der Waals surface area contributed by atoms with E-state index in [0.29, 0.717) is 12.5 Å². The van der Waals surface area contributed by atoms with Crippen molar-refractivity contribution in [2.75, 3.05) is 19.7 Å². The Hall–Kier alpha value is -1.88. The molecule has 1 fully saturated rings. The lowest BCUT2D eigenvalue weighted by Crippen LogP contribution is -2.35. The van der Waals surface area contributed by atoms with E-state index in [2.05, 4.69) is 17.0 Å². The van der Waals surface area contributed by atoms with Crippen LogP contribution in [0, 0.1) is 5.92 Å². The Morgan fingerprint density at radius 2 is 1.86 bits per heavy atom. The van der Waals surface area contributed by atoms with E-state index in [1.165, 1.54) is 5.56 Å². The molecule has 1 saturated heterocycles. The minimum atomic E-state index is -1.14. The van der Waals surface area contributed by atoms with Crippen LogP contribution in [0.15, 0.2) is 30.3 Å². The second-order valence-corrected chi connectivity index (χ2v) is 5.46. The molecule has 1 aliphatic heterocycles. The topological polar surface area (TPSA) is 66.8 Å². The monoisotopic (exact) mass is 291 g/mol. The Labute approximate surface area is 124 Å². The van der Waals surface area contributed by atoms with Gasteiger partial charge in [-0.15, -0.1) is 0 Å². The van der Waals surface area contributed by atoms with Crippen molar-refractivity contribution in [1.29, 1.82) is 0 Å². The molecule has 0 aromatic heterocycles. The summed E-state index contributed by atoms with van der Waals surface area (Å²) in [6.07, 6.45) is 1.41. The van der Waals surface area contributed by atoms with E-state index in [0.717, 1.165) is 32.5 Å². The Balaban J connectivity index is 1.66. The van der Waals surface area contributed by atoms with Crippen molar-refractivity contribution < 1.29 is 19.4 Å². The number of carboxylic acids is 1. The van der Waals surface area contributed by atoms with Gasteiger partial charge in [0.25, 0.3) is 0 Å². The fourth-order valence-corrected chi connectivity index (χ4v) is 2.54. The summed E-state index contributed by atoms with van der Waals surface area (Å²) >= 11 is 0. The van der Waals surface area contributed by atoms with Gasteiger partial charge >= 0.3 is 11.9 Å². The number of ether oxygens (including phenoxy) is 1. The van der Waals surface area contributed by atoms with Gasteiger partial charge in [0.2, 0.25) is 0 Å². The van der Waals surface area contributed by atoms with E-state index < -0.39 is 18.4 Å². The highest BCUT2D eigenvalue weighted by Crippen LogP contribution is 2.19. The summed E-state index contributed by atoms with van der Waals surface area (Å²) < 4.78 is 5.01. The lowest BCUT2D eigenvalue weighted by atomic mass is 9.97. The molecule has 5 heteroatoms. The average Bonchev–Trinajstić information content (AvgIpc) is 2.47. The van der Waals surface area contributed by atoms with Crippen LogP contribution >= 0.6 is 0 Å². The molecule has 114 valence electrons. The maximum Gasteiger partial charge on any atom is 0.317 e. The first kappa shape index (κ1) is 15.5. The second kappa shape index (κ2) is 7.78. The summed E-state index contributed by atoms with van der Waals surface area (Å²) in [6, 6.07) is 10.4. The zero-order valence-corrected chi connectivity index (χ0v) is 12.0. The van der Waals surface area contributed by atoms with Gasteiger partial charge in [0.15, 0.2) is 0 Å². The van der Waals surface area contributed by atoms with Gasteiger partial charge in [-0.3, -0.25) is 14.5 Å². The van der Waals surface area contributed by atoms with Crippen LogP contribution in [0.4, 0.5) is 0 Å². The Morgan fingerprint density at radius 3 is 2.48 bits per heavy atom. The van der Waals surface area contributed by atoms with E-state index in [1.54, 1.807) is 0 Å². The van der Waals surface area contributed by atoms with Gasteiger partial charge < -0.3 is 9.84 Å². The molecular formula is C16H21NO4. The highest BCUT2D eigenvalue weighted by Gasteiger charge is 2.21. The smallest absolute Gasteiger partial charge is 0.317 e. The van der Waals surface area contributed by atoms with E-state index >= 15 is 0 Å². The van der Waals surface area contributed by atoms with Crippen molar-refractivity contribution >= 4 is 11.9 Å². The van der Waals surface area contributed by atoms with Crippen LogP contribution in [-0.4, -0.2) is 41.6 Å². The first-order chi connectivity index (χ1) is 10.1. The first-order valence-electron chi connectivity index (χ1n) is 7.27. The van der Waals surface area contributed by atoms with Crippen molar-refractivity contribution in [3.05, 3.63) is 35.9 Å². The molecule has 0 spiro atoms. The summed E-state index contributed by atoms with van der Waals surface area (Å²) in [6.45, 7) is 3.25. The molecule has 0 aliphatic carbocycles. The van der Waals surface area contributed by atoms with E-state index in [4.69, 9.17) is 9.84 Å². The molecule has 2 rings (SSSR count). The van der Waals surface area contributed by atoms with Gasteiger partial charge in [-0.05, 0) is 37.4 Å². The Morgan fingerprint density at radius 1 is 1.19 bits per heavy atom. The quantitative estimate of drug-likeness (QED) is 0.640. The van der Waals surface area contributed by atoms with Gasteiger partial charge in [-0.1, -0.05) is 30.3 Å². The second-order valence-electron chi connectivity index (χ2n) is 5.46. The van der Waals surface area contributed by atoms with Crippen LogP contribution in [0.5, 0.6) is 0 Å². The number of benzene rings is 1. The molecule has 0 saturated carbocycles. The molecule has 1 aromatic carbocycles. The van der Waals surface area contributed by atoms with E-state index in [9.17, 15) is 9.59 Å². The van der Waals surface area contributed by atoms with Crippen LogP contribution in [0.1, 0.15) is 24.8 Å². The number of hydrogen-bond donors (Lipinski definition) is 1. The standard InChI is InChI=1S/C16H21NO4/c18-15(19)10-16(20)21-12-14-6-8-17(9-7-14)11-13-4-2-1-3-5-13/h1-5,14H,6-12H2,(H,18,19). The number of carboxylic acid groups (broad SMARTS) is 1. The van der Waals surface area contributed by atoms with Crippen LogP contribution < -0.4 is 0 Å². The molecule has 0 amide bonds. The van der Waals surface area contributed by atoms with E-state index in [-0.39, 0.29) is 0 Å². The lowest BCUT2D eigenvalue weighted by molar-refractivity contribution is -0.152. The zero-order chi connectivity index (χ0) is 15.1. The number of esters is 1. The summed E-state index contributed by atoms with van der Waals surface area (Å²) in [5, 5.41) is 8.49. The predicted octanol–water partition coefficient (Wildman–Crippen LogP) is 1.92. The van der Waals surface area contributed by atoms with Crippen molar-refractivity contribution in [3.63, 3.8) is 0 Å². The molecule has 1 heterocycles. The fourth-order valence-electron chi connectivity index (χ4n) is 2.54. The van der Waals surface area contributed by atoms with Crippen LogP contribution in [0.25, 0.3) is 0 Å². The maximum absolute atomic E-state index is 11.2. The summed E-state index contributed by atoms with van der Waals surface area (Å²) in [7, 11) is 0. The van der Waals surface area contributed by atoms with E-state index in [1.807, 2.05) is 18.2 Å². The molecular weight excluding hydrogens is 270 g/mol. The van der Waals surface area contributed by atoms with Gasteiger partial charge in [0.05, 0.1) is 6.61 Å². The first-order valence-corrected chi connectivity index (χ1v) is 7.27. The fraction of sp³-hybridized carbons (Fsp3) is 0.500. The van der Waals surface area contributed by atoms with Gasteiger partial charge in [0, 0.05) is 6.54 Å². The van der Waals surface area contributed by atoms with Crippen molar-refractivity contribution in [3.8, 4) is 0 Å². The molecule has 5 nitrogen and oxygen atoms in total. The summed E-state index contributed by atoms with van der Waals surface area (Å²) in [4.78, 5) is 24.0. The van der Waals surface area contributed by atoms with Crippen LogP contribution in [-0.2, 0) is 20.9 Å². The maximum atomic E-state index is 11.2. The minimum Gasteiger partial charge on any atom is -0.481 e. The lowest BCUT2D eigenvalue weighted by Gasteiger charge is -2.31. The number of piperidine rings is 1. The summed E-state index contributed by atoms with van der Waals surface area (Å²) in [5.74, 6) is -1.44. The SMILES string of the molecule is O=C(O)CC(=O)OCC1CCN(Cc2ccccc2)CC1. The van der Waals surface area contributed by atoms with Crippen molar-refractivity contribution in [2.24, 2.45) is 5.92 Å².